The van der Waals surface area contributed by atoms with E-state index in [1.807, 2.05) is 22.9 Å². The molecule has 0 atom stereocenters. The van der Waals surface area contributed by atoms with Gasteiger partial charge in [-0.25, -0.2) is 4.98 Å². The molecule has 0 aliphatic carbocycles. The molecular formula is C10H8N4S. The van der Waals surface area contributed by atoms with Crippen molar-refractivity contribution in [2.24, 2.45) is 0 Å². The highest BCUT2D eigenvalue weighted by Gasteiger charge is 2.02. The number of nitriles is 1. The second-order valence-electron chi connectivity index (χ2n) is 2.88. The summed E-state index contributed by atoms with van der Waals surface area (Å²) in [5.74, 6) is 0.624. The van der Waals surface area contributed by atoms with Crippen molar-refractivity contribution < 1.29 is 0 Å². The number of hydrogen-bond donors (Lipinski definition) is 2. The summed E-state index contributed by atoms with van der Waals surface area (Å²) in [5, 5.41) is 15.8. The third-order valence-corrected chi connectivity index (χ3v) is 2.51. The Kier molecular flexibility index (Phi) is 2.52. The van der Waals surface area contributed by atoms with Crippen molar-refractivity contribution in [2.45, 2.75) is 0 Å². The average molecular weight is 216 g/mol. The van der Waals surface area contributed by atoms with E-state index in [2.05, 4.69) is 10.3 Å². The summed E-state index contributed by atoms with van der Waals surface area (Å²) in [6, 6.07) is 7.29. The maximum absolute atomic E-state index is 8.75. The Bertz CT molecular complexity index is 499. The molecule has 0 radical (unpaired) electrons. The van der Waals surface area contributed by atoms with E-state index in [9.17, 15) is 0 Å². The molecular weight excluding hydrogens is 208 g/mol. The van der Waals surface area contributed by atoms with Crippen LogP contribution < -0.4 is 11.1 Å². The first-order valence-electron chi connectivity index (χ1n) is 4.25. The number of thiophene rings is 1. The minimum atomic E-state index is 0.246. The van der Waals surface area contributed by atoms with Crippen LogP contribution in [0.2, 0.25) is 0 Å². The molecule has 2 heterocycles. The van der Waals surface area contributed by atoms with E-state index in [-0.39, 0.29) is 5.69 Å². The SMILES string of the molecule is N#Cc1nc(Nc2ccsc2)ccc1N. The van der Waals surface area contributed by atoms with Gasteiger partial charge in [-0.1, -0.05) is 0 Å². The molecule has 0 fully saturated rings. The van der Waals surface area contributed by atoms with Gasteiger partial charge in [-0.15, -0.1) is 0 Å². The fraction of sp³-hybridized carbons (Fsp3) is 0. The molecule has 0 unspecified atom stereocenters. The summed E-state index contributed by atoms with van der Waals surface area (Å²) in [5.41, 5.74) is 7.16. The Morgan fingerprint density at radius 2 is 2.27 bits per heavy atom. The fourth-order valence-electron chi connectivity index (χ4n) is 1.11. The molecule has 0 saturated carbocycles. The van der Waals surface area contributed by atoms with Crippen LogP contribution in [0.1, 0.15) is 5.69 Å². The standard InChI is InChI=1S/C10H8N4S/c11-5-9-8(12)1-2-10(14-9)13-7-3-4-15-6-7/h1-4,6H,12H2,(H,13,14). The van der Waals surface area contributed by atoms with Gasteiger partial charge in [-0.2, -0.15) is 16.6 Å². The van der Waals surface area contributed by atoms with Gasteiger partial charge < -0.3 is 11.1 Å². The van der Waals surface area contributed by atoms with E-state index in [1.165, 1.54) is 0 Å². The Labute approximate surface area is 91.0 Å². The smallest absolute Gasteiger partial charge is 0.165 e. The van der Waals surface area contributed by atoms with Crippen molar-refractivity contribution in [1.82, 2.24) is 4.98 Å². The maximum Gasteiger partial charge on any atom is 0.165 e. The third-order valence-electron chi connectivity index (χ3n) is 1.83. The van der Waals surface area contributed by atoms with E-state index < -0.39 is 0 Å². The summed E-state index contributed by atoms with van der Waals surface area (Å²) in [6.07, 6.45) is 0. The number of nitrogen functional groups attached to an aromatic ring is 1. The highest BCUT2D eigenvalue weighted by Crippen LogP contribution is 2.19. The van der Waals surface area contributed by atoms with Crippen molar-refractivity contribution in [1.29, 1.82) is 5.26 Å². The van der Waals surface area contributed by atoms with Crippen molar-refractivity contribution >= 4 is 28.5 Å². The Morgan fingerprint density at radius 1 is 1.40 bits per heavy atom. The van der Waals surface area contributed by atoms with Crippen LogP contribution >= 0.6 is 11.3 Å². The predicted molar refractivity (Wildman–Crippen MR) is 61.0 cm³/mol. The van der Waals surface area contributed by atoms with Gasteiger partial charge in [-0.05, 0) is 23.6 Å². The molecule has 0 bridgehead atoms. The monoisotopic (exact) mass is 216 g/mol. The van der Waals surface area contributed by atoms with Gasteiger partial charge in [0, 0.05) is 5.38 Å². The van der Waals surface area contributed by atoms with Crippen LogP contribution in [0, 0.1) is 11.3 Å². The minimum absolute atomic E-state index is 0.246. The molecule has 2 rings (SSSR count). The van der Waals surface area contributed by atoms with Crippen molar-refractivity contribution in [3.63, 3.8) is 0 Å². The van der Waals surface area contributed by atoms with Gasteiger partial charge in [0.2, 0.25) is 0 Å². The zero-order valence-electron chi connectivity index (χ0n) is 7.77. The highest BCUT2D eigenvalue weighted by atomic mass is 32.1. The molecule has 3 N–H and O–H groups in total. The van der Waals surface area contributed by atoms with Crippen molar-refractivity contribution in [2.75, 3.05) is 11.1 Å². The normalized spacial score (nSPS) is 9.53. The van der Waals surface area contributed by atoms with Crippen LogP contribution in [-0.4, -0.2) is 4.98 Å². The largest absolute Gasteiger partial charge is 0.396 e. The minimum Gasteiger partial charge on any atom is -0.396 e. The predicted octanol–water partition coefficient (Wildman–Crippen LogP) is 2.34. The van der Waals surface area contributed by atoms with Crippen LogP contribution in [0.4, 0.5) is 17.2 Å². The lowest BCUT2D eigenvalue weighted by Gasteiger charge is -2.03. The van der Waals surface area contributed by atoms with Gasteiger partial charge in [-0.3, -0.25) is 0 Å². The molecule has 15 heavy (non-hydrogen) atoms. The van der Waals surface area contributed by atoms with E-state index in [0.29, 0.717) is 11.5 Å². The van der Waals surface area contributed by atoms with Crippen LogP contribution in [0.15, 0.2) is 29.0 Å². The number of hydrogen-bond acceptors (Lipinski definition) is 5. The third kappa shape index (κ3) is 2.06. The topological polar surface area (TPSA) is 74.7 Å². The quantitative estimate of drug-likeness (QED) is 0.808. The van der Waals surface area contributed by atoms with Crippen LogP contribution in [0.25, 0.3) is 0 Å². The maximum atomic E-state index is 8.75. The molecule has 0 spiro atoms. The van der Waals surface area contributed by atoms with Gasteiger partial charge >= 0.3 is 0 Å². The lowest BCUT2D eigenvalue weighted by Crippen LogP contribution is -1.98. The fourth-order valence-corrected chi connectivity index (χ4v) is 1.70. The molecule has 0 saturated heterocycles. The number of nitrogens with two attached hydrogens (primary N) is 1. The first-order valence-corrected chi connectivity index (χ1v) is 5.20. The average Bonchev–Trinajstić information content (AvgIpc) is 2.73. The number of nitrogens with zero attached hydrogens (tertiary/aromatic N) is 2. The molecule has 0 aliphatic heterocycles. The Hall–Kier alpha value is -2.06. The zero-order chi connectivity index (χ0) is 10.7. The molecule has 4 nitrogen and oxygen atoms in total. The molecule has 0 aromatic carbocycles. The van der Waals surface area contributed by atoms with Gasteiger partial charge in [0.1, 0.15) is 11.9 Å². The molecule has 0 aliphatic rings. The number of aromatic nitrogens is 1. The highest BCUT2D eigenvalue weighted by molar-refractivity contribution is 7.08. The number of rotatable bonds is 2. The van der Waals surface area contributed by atoms with E-state index in [4.69, 9.17) is 11.0 Å². The molecule has 74 valence electrons. The summed E-state index contributed by atoms with van der Waals surface area (Å²) in [7, 11) is 0. The molecule has 2 aromatic rings. The summed E-state index contributed by atoms with van der Waals surface area (Å²) in [6.45, 7) is 0. The van der Waals surface area contributed by atoms with Crippen molar-refractivity contribution in [3.05, 3.63) is 34.7 Å². The number of nitrogens with one attached hydrogen (secondary N) is 1. The van der Waals surface area contributed by atoms with E-state index in [1.54, 1.807) is 23.5 Å². The van der Waals surface area contributed by atoms with Crippen molar-refractivity contribution in [3.8, 4) is 6.07 Å². The van der Waals surface area contributed by atoms with E-state index >= 15 is 0 Å². The first kappa shape index (κ1) is 9.49. The van der Waals surface area contributed by atoms with Gasteiger partial charge in [0.25, 0.3) is 0 Å². The van der Waals surface area contributed by atoms with E-state index in [0.717, 1.165) is 5.69 Å². The Morgan fingerprint density at radius 3 is 2.93 bits per heavy atom. The van der Waals surface area contributed by atoms with Gasteiger partial charge in [0.05, 0.1) is 11.4 Å². The van der Waals surface area contributed by atoms with Crippen LogP contribution in [0.3, 0.4) is 0 Å². The summed E-state index contributed by atoms with van der Waals surface area (Å²) >= 11 is 1.59. The summed E-state index contributed by atoms with van der Waals surface area (Å²) in [4.78, 5) is 4.07. The van der Waals surface area contributed by atoms with Gasteiger partial charge in [0.15, 0.2) is 5.69 Å². The number of pyridine rings is 1. The second kappa shape index (κ2) is 3.98. The summed E-state index contributed by atoms with van der Waals surface area (Å²) < 4.78 is 0. The molecule has 2 aromatic heterocycles. The first-order chi connectivity index (χ1) is 7.29. The second-order valence-corrected chi connectivity index (χ2v) is 3.66. The zero-order valence-corrected chi connectivity index (χ0v) is 8.58. The van der Waals surface area contributed by atoms with Crippen LogP contribution in [0.5, 0.6) is 0 Å². The molecule has 5 heteroatoms. The number of anilines is 3. The lowest BCUT2D eigenvalue weighted by atomic mass is 10.3. The molecule has 0 amide bonds. The Balaban J connectivity index is 2.27. The van der Waals surface area contributed by atoms with Crippen LogP contribution in [-0.2, 0) is 0 Å². The lowest BCUT2D eigenvalue weighted by molar-refractivity contribution is 1.26.